The van der Waals surface area contributed by atoms with Crippen LogP contribution in [-0.2, 0) is 14.1 Å². The number of carboxylic acid groups (broad SMARTS) is 1. The molecule has 2 aromatic heterocycles. The summed E-state index contributed by atoms with van der Waals surface area (Å²) in [6.07, 6.45) is 2.49. The van der Waals surface area contributed by atoms with Gasteiger partial charge in [-0.3, -0.25) is 14.9 Å². The predicted octanol–water partition coefficient (Wildman–Crippen LogP) is 0.783. The highest BCUT2D eigenvalue weighted by Crippen LogP contribution is 2.25. The normalized spacial score (nSPS) is 10.6. The van der Waals surface area contributed by atoms with Crippen molar-refractivity contribution in [2.75, 3.05) is 5.73 Å². The molecule has 2 heterocycles. The fourth-order valence-corrected chi connectivity index (χ4v) is 2.10. The van der Waals surface area contributed by atoms with Gasteiger partial charge in [0.2, 0.25) is 5.78 Å². The smallest absolute Gasteiger partial charge is 0.354 e. The quantitative estimate of drug-likeness (QED) is 0.486. The van der Waals surface area contributed by atoms with Crippen LogP contribution in [0.1, 0.15) is 26.5 Å². The topological polar surface area (TPSA) is 133 Å². The number of hydrogen-bond donors (Lipinski definition) is 2. The molecule has 0 unspecified atom stereocenters. The highest BCUT2D eigenvalue weighted by Gasteiger charge is 2.25. The lowest BCUT2D eigenvalue weighted by Gasteiger charge is -2.01. The molecule has 0 saturated heterocycles. The number of carbonyl (C=O) groups excluding carboxylic acids is 1. The molecule has 0 saturated carbocycles. The van der Waals surface area contributed by atoms with Crippen LogP contribution in [0.3, 0.4) is 0 Å². The first kappa shape index (κ1) is 14.3. The molecule has 110 valence electrons. The van der Waals surface area contributed by atoms with E-state index in [1.807, 2.05) is 0 Å². The molecule has 0 aliphatic carbocycles. The van der Waals surface area contributed by atoms with Crippen LogP contribution >= 0.6 is 0 Å². The van der Waals surface area contributed by atoms with Gasteiger partial charge in [-0.1, -0.05) is 0 Å². The lowest BCUT2D eigenvalue weighted by Crippen LogP contribution is -2.09. The van der Waals surface area contributed by atoms with E-state index in [4.69, 9.17) is 10.8 Å². The predicted molar refractivity (Wildman–Crippen MR) is 72.3 cm³/mol. The van der Waals surface area contributed by atoms with Gasteiger partial charge in [0.1, 0.15) is 0 Å². The van der Waals surface area contributed by atoms with Crippen molar-refractivity contribution in [3.8, 4) is 0 Å². The zero-order valence-electron chi connectivity index (χ0n) is 11.2. The Labute approximate surface area is 118 Å². The summed E-state index contributed by atoms with van der Waals surface area (Å²) in [6, 6.07) is 1.12. The summed E-state index contributed by atoms with van der Waals surface area (Å²) in [7, 11) is 2.93. The summed E-state index contributed by atoms with van der Waals surface area (Å²) in [5.41, 5.74) is 5.14. The van der Waals surface area contributed by atoms with Crippen LogP contribution in [-0.4, -0.2) is 30.9 Å². The van der Waals surface area contributed by atoms with Crippen molar-refractivity contribution in [2.24, 2.45) is 14.1 Å². The van der Waals surface area contributed by atoms with E-state index in [9.17, 15) is 19.7 Å². The maximum absolute atomic E-state index is 12.4. The number of aromatic carboxylic acids is 1. The number of ketones is 1. The Balaban J connectivity index is 2.53. The Kier molecular flexibility index (Phi) is 3.26. The van der Waals surface area contributed by atoms with Crippen molar-refractivity contribution in [3.05, 3.63) is 45.5 Å². The number of nitrogen functional groups attached to an aromatic ring is 1. The molecule has 21 heavy (non-hydrogen) atoms. The number of aromatic nitrogens is 2. The molecule has 9 heteroatoms. The third-order valence-corrected chi connectivity index (χ3v) is 3.10. The van der Waals surface area contributed by atoms with Gasteiger partial charge in [0, 0.05) is 26.4 Å². The maximum Gasteiger partial charge on any atom is 0.354 e. The second-order valence-corrected chi connectivity index (χ2v) is 4.50. The minimum Gasteiger partial charge on any atom is -0.477 e. The molecule has 2 rings (SSSR count). The molecular formula is C12H12N4O5. The van der Waals surface area contributed by atoms with Crippen molar-refractivity contribution < 1.29 is 19.6 Å². The average Bonchev–Trinajstić information content (AvgIpc) is 2.89. The largest absolute Gasteiger partial charge is 0.477 e. The molecule has 9 nitrogen and oxygen atoms in total. The Morgan fingerprint density at radius 3 is 2.33 bits per heavy atom. The molecular weight excluding hydrogens is 280 g/mol. The van der Waals surface area contributed by atoms with Gasteiger partial charge in [0.15, 0.2) is 5.69 Å². The fourth-order valence-electron chi connectivity index (χ4n) is 2.10. The van der Waals surface area contributed by atoms with Crippen molar-refractivity contribution in [1.29, 1.82) is 0 Å². The van der Waals surface area contributed by atoms with E-state index in [0.29, 0.717) is 0 Å². The zero-order chi connectivity index (χ0) is 15.9. The van der Waals surface area contributed by atoms with Crippen LogP contribution in [0.2, 0.25) is 0 Å². The summed E-state index contributed by atoms with van der Waals surface area (Å²) in [5.74, 6) is -1.84. The third-order valence-electron chi connectivity index (χ3n) is 3.10. The van der Waals surface area contributed by atoms with E-state index in [1.165, 1.54) is 35.6 Å². The summed E-state index contributed by atoms with van der Waals surface area (Å²) in [6.45, 7) is 0. The Morgan fingerprint density at radius 1 is 1.29 bits per heavy atom. The van der Waals surface area contributed by atoms with Gasteiger partial charge >= 0.3 is 5.97 Å². The number of hydrogen-bond acceptors (Lipinski definition) is 5. The van der Waals surface area contributed by atoms with E-state index in [1.54, 1.807) is 0 Å². The maximum atomic E-state index is 12.4. The molecule has 2 aromatic rings. The molecule has 0 fully saturated rings. The summed E-state index contributed by atoms with van der Waals surface area (Å²) in [5, 5.41) is 19.8. The number of nitro groups is 1. The van der Waals surface area contributed by atoms with E-state index in [0.717, 1.165) is 6.07 Å². The Morgan fingerprint density at radius 2 is 1.90 bits per heavy atom. The van der Waals surface area contributed by atoms with Gasteiger partial charge in [-0.15, -0.1) is 0 Å². The molecule has 0 amide bonds. The Hall–Kier alpha value is -3.10. The summed E-state index contributed by atoms with van der Waals surface area (Å²) < 4.78 is 2.52. The second kappa shape index (κ2) is 4.78. The number of nitrogens with zero attached hydrogens (tertiary/aromatic N) is 3. The first-order valence-electron chi connectivity index (χ1n) is 5.77. The van der Waals surface area contributed by atoms with Crippen LogP contribution < -0.4 is 5.73 Å². The fraction of sp³-hybridized carbons (Fsp3) is 0.167. The van der Waals surface area contributed by atoms with E-state index < -0.39 is 16.7 Å². The average molecular weight is 292 g/mol. The summed E-state index contributed by atoms with van der Waals surface area (Å²) in [4.78, 5) is 33.5. The number of anilines is 1. The van der Waals surface area contributed by atoms with Crippen LogP contribution in [0.4, 0.5) is 11.4 Å². The molecule has 0 spiro atoms. The van der Waals surface area contributed by atoms with Crippen molar-refractivity contribution in [1.82, 2.24) is 9.13 Å². The first-order chi connectivity index (χ1) is 9.73. The number of nitrogens with two attached hydrogens (primary N) is 1. The summed E-state index contributed by atoms with van der Waals surface area (Å²) >= 11 is 0. The van der Waals surface area contributed by atoms with E-state index in [2.05, 4.69) is 0 Å². The first-order valence-corrected chi connectivity index (χ1v) is 5.77. The van der Waals surface area contributed by atoms with Gasteiger partial charge in [0.05, 0.1) is 28.1 Å². The van der Waals surface area contributed by atoms with Gasteiger partial charge in [-0.2, -0.15) is 0 Å². The highest BCUT2D eigenvalue weighted by atomic mass is 16.6. The van der Waals surface area contributed by atoms with Gasteiger partial charge in [0.25, 0.3) is 5.69 Å². The standard InChI is InChI=1S/C12H12N4O5/c1-14-4-6(16(20)21)3-8(14)11(17)7-5-15(2)10(9(7)13)12(18)19/h3-5H,13H2,1-2H3,(H,18,19). The zero-order valence-corrected chi connectivity index (χ0v) is 11.2. The SMILES string of the molecule is Cn1cc([N+](=O)[O-])cc1C(=O)c1cn(C)c(C(=O)O)c1N. The lowest BCUT2D eigenvalue weighted by atomic mass is 10.1. The molecule has 0 bridgehead atoms. The van der Waals surface area contributed by atoms with Gasteiger partial charge in [-0.05, 0) is 0 Å². The third kappa shape index (κ3) is 2.24. The number of carbonyl (C=O) groups is 2. The molecule has 0 atom stereocenters. The molecule has 0 aliphatic heterocycles. The van der Waals surface area contributed by atoms with Gasteiger partial charge < -0.3 is 20.0 Å². The lowest BCUT2D eigenvalue weighted by molar-refractivity contribution is -0.384. The number of carboxylic acids is 1. The molecule has 3 N–H and O–H groups in total. The molecule has 0 radical (unpaired) electrons. The second-order valence-electron chi connectivity index (χ2n) is 4.50. The molecule has 0 aliphatic rings. The van der Waals surface area contributed by atoms with E-state index >= 15 is 0 Å². The monoisotopic (exact) mass is 292 g/mol. The molecule has 0 aromatic carbocycles. The minimum atomic E-state index is -1.26. The van der Waals surface area contributed by atoms with E-state index in [-0.39, 0.29) is 28.3 Å². The minimum absolute atomic E-state index is 0.00834. The van der Waals surface area contributed by atoms with Crippen molar-refractivity contribution in [3.63, 3.8) is 0 Å². The van der Waals surface area contributed by atoms with Gasteiger partial charge in [-0.25, -0.2) is 4.79 Å². The van der Waals surface area contributed by atoms with Crippen molar-refractivity contribution in [2.45, 2.75) is 0 Å². The highest BCUT2D eigenvalue weighted by molar-refractivity contribution is 6.14. The number of aryl methyl sites for hydroxylation is 2. The van der Waals surface area contributed by atoms with Crippen LogP contribution in [0.15, 0.2) is 18.5 Å². The van der Waals surface area contributed by atoms with Crippen LogP contribution in [0, 0.1) is 10.1 Å². The Bertz CT molecular complexity index is 771. The van der Waals surface area contributed by atoms with Crippen molar-refractivity contribution >= 4 is 23.1 Å². The van der Waals surface area contributed by atoms with Crippen LogP contribution in [0.25, 0.3) is 0 Å². The van der Waals surface area contributed by atoms with Crippen LogP contribution in [0.5, 0.6) is 0 Å². The number of rotatable bonds is 4.